The molecule has 0 amide bonds. The monoisotopic (exact) mass is 229 g/mol. The summed E-state index contributed by atoms with van der Waals surface area (Å²) >= 11 is 0. The predicted octanol–water partition coefficient (Wildman–Crippen LogP) is 3.82. The van der Waals surface area contributed by atoms with Crippen LogP contribution in [0, 0.1) is 6.92 Å². The van der Waals surface area contributed by atoms with Gasteiger partial charge in [0.2, 0.25) is 0 Å². The molecule has 2 nitrogen and oxygen atoms in total. The first-order valence-electron chi connectivity index (χ1n) is 5.77. The standard InChI is InChI=1S/C9H13N.C6H6O/c1-3-10-9-6-4-8(2)5-7-9;7-6-4-2-1-3-5-6/h4-7,10H,3H2,1-2H3;1-5,7H. The normalized spacial score (nSPS) is 9.06. The Kier molecular flexibility index (Phi) is 5.66. The van der Waals surface area contributed by atoms with Gasteiger partial charge in [-0.1, -0.05) is 35.9 Å². The first-order chi connectivity index (χ1) is 8.22. The van der Waals surface area contributed by atoms with Crippen molar-refractivity contribution < 1.29 is 5.11 Å². The molecule has 0 unspecified atom stereocenters. The molecule has 2 aromatic carbocycles. The van der Waals surface area contributed by atoms with E-state index in [-0.39, 0.29) is 0 Å². The van der Waals surface area contributed by atoms with E-state index in [1.54, 1.807) is 24.3 Å². The molecular formula is C15H19NO. The van der Waals surface area contributed by atoms with E-state index < -0.39 is 0 Å². The molecule has 0 fully saturated rings. The molecule has 0 aliphatic carbocycles. The van der Waals surface area contributed by atoms with Crippen molar-refractivity contribution in [2.75, 3.05) is 11.9 Å². The molecule has 0 heterocycles. The van der Waals surface area contributed by atoms with Gasteiger partial charge >= 0.3 is 0 Å². The van der Waals surface area contributed by atoms with Gasteiger partial charge in [0.15, 0.2) is 0 Å². The van der Waals surface area contributed by atoms with Gasteiger partial charge in [-0.25, -0.2) is 0 Å². The van der Waals surface area contributed by atoms with E-state index >= 15 is 0 Å². The van der Waals surface area contributed by atoms with Crippen LogP contribution in [0.2, 0.25) is 0 Å². The first-order valence-corrected chi connectivity index (χ1v) is 5.77. The number of aryl methyl sites for hydroxylation is 1. The first kappa shape index (κ1) is 13.1. The van der Waals surface area contributed by atoms with E-state index in [0.29, 0.717) is 5.75 Å². The lowest BCUT2D eigenvalue weighted by atomic mass is 10.2. The molecule has 0 saturated heterocycles. The van der Waals surface area contributed by atoms with E-state index in [1.165, 1.54) is 11.3 Å². The molecule has 2 N–H and O–H groups in total. The molecule has 0 saturated carbocycles. The highest BCUT2D eigenvalue weighted by Gasteiger charge is 1.86. The number of anilines is 1. The van der Waals surface area contributed by atoms with Crippen molar-refractivity contribution in [3.8, 4) is 5.75 Å². The number of nitrogens with one attached hydrogen (secondary N) is 1. The topological polar surface area (TPSA) is 32.3 Å². The van der Waals surface area contributed by atoms with Crippen LogP contribution in [0.25, 0.3) is 0 Å². The van der Waals surface area contributed by atoms with Crippen LogP contribution >= 0.6 is 0 Å². The van der Waals surface area contributed by atoms with Gasteiger partial charge < -0.3 is 10.4 Å². The van der Waals surface area contributed by atoms with Gasteiger partial charge in [0.25, 0.3) is 0 Å². The second kappa shape index (κ2) is 7.34. The van der Waals surface area contributed by atoms with Crippen LogP contribution in [0.15, 0.2) is 54.6 Å². The summed E-state index contributed by atoms with van der Waals surface area (Å²) in [6.07, 6.45) is 0. The number of para-hydroxylation sites is 1. The molecule has 2 aromatic rings. The van der Waals surface area contributed by atoms with Crippen molar-refractivity contribution in [3.05, 3.63) is 60.2 Å². The molecule has 0 aliphatic heterocycles. The fraction of sp³-hybridized carbons (Fsp3) is 0.200. The van der Waals surface area contributed by atoms with E-state index in [2.05, 4.69) is 43.4 Å². The van der Waals surface area contributed by atoms with Crippen LogP contribution in [-0.4, -0.2) is 11.7 Å². The van der Waals surface area contributed by atoms with Crippen molar-refractivity contribution in [1.29, 1.82) is 0 Å². The largest absolute Gasteiger partial charge is 0.508 e. The molecule has 0 aliphatic rings. The average Bonchev–Trinajstić information content (AvgIpc) is 2.34. The highest BCUT2D eigenvalue weighted by molar-refractivity contribution is 5.43. The molecule has 17 heavy (non-hydrogen) atoms. The van der Waals surface area contributed by atoms with Crippen molar-refractivity contribution in [3.63, 3.8) is 0 Å². The second-order valence-electron chi connectivity index (χ2n) is 3.73. The molecule has 2 heteroatoms. The summed E-state index contributed by atoms with van der Waals surface area (Å²) in [6.45, 7) is 5.18. The molecule has 0 spiro atoms. The summed E-state index contributed by atoms with van der Waals surface area (Å²) in [5.41, 5.74) is 2.51. The molecule has 0 radical (unpaired) electrons. The zero-order valence-corrected chi connectivity index (χ0v) is 10.4. The van der Waals surface area contributed by atoms with Crippen molar-refractivity contribution in [2.24, 2.45) is 0 Å². The second-order valence-corrected chi connectivity index (χ2v) is 3.73. The average molecular weight is 229 g/mol. The molecule has 0 atom stereocenters. The van der Waals surface area contributed by atoms with E-state index in [4.69, 9.17) is 5.11 Å². The third-order valence-electron chi connectivity index (χ3n) is 2.19. The zero-order chi connectivity index (χ0) is 12.5. The van der Waals surface area contributed by atoms with E-state index in [9.17, 15) is 0 Å². The Morgan fingerprint density at radius 2 is 1.53 bits per heavy atom. The number of phenolic OH excluding ortho intramolecular Hbond substituents is 1. The van der Waals surface area contributed by atoms with Crippen molar-refractivity contribution >= 4 is 5.69 Å². The predicted molar refractivity (Wildman–Crippen MR) is 73.4 cm³/mol. The van der Waals surface area contributed by atoms with Crippen molar-refractivity contribution in [1.82, 2.24) is 0 Å². The summed E-state index contributed by atoms with van der Waals surface area (Å²) in [5, 5.41) is 11.9. The minimum atomic E-state index is 0.322. The number of phenols is 1. The number of benzene rings is 2. The Balaban J connectivity index is 0.000000181. The van der Waals surface area contributed by atoms with Gasteiger partial charge in [-0.2, -0.15) is 0 Å². The molecule has 90 valence electrons. The summed E-state index contributed by atoms with van der Waals surface area (Å²) in [5.74, 6) is 0.322. The molecular weight excluding hydrogens is 210 g/mol. The lowest BCUT2D eigenvalue weighted by Gasteiger charge is -2.01. The Hall–Kier alpha value is -1.96. The Labute approximate surface area is 103 Å². The number of hydrogen-bond acceptors (Lipinski definition) is 2. The van der Waals surface area contributed by atoms with Gasteiger partial charge in [0, 0.05) is 12.2 Å². The third-order valence-corrected chi connectivity index (χ3v) is 2.19. The van der Waals surface area contributed by atoms with Gasteiger partial charge in [0.05, 0.1) is 0 Å². The van der Waals surface area contributed by atoms with Gasteiger partial charge in [-0.15, -0.1) is 0 Å². The van der Waals surface area contributed by atoms with Crippen LogP contribution in [0.3, 0.4) is 0 Å². The molecule has 2 rings (SSSR count). The van der Waals surface area contributed by atoms with Gasteiger partial charge in [-0.05, 0) is 38.1 Å². The maximum absolute atomic E-state index is 8.63. The lowest BCUT2D eigenvalue weighted by molar-refractivity contribution is 0.475. The summed E-state index contributed by atoms with van der Waals surface area (Å²) in [6, 6.07) is 17.1. The fourth-order valence-corrected chi connectivity index (χ4v) is 1.30. The summed E-state index contributed by atoms with van der Waals surface area (Å²) in [4.78, 5) is 0. The van der Waals surface area contributed by atoms with Crippen LogP contribution in [-0.2, 0) is 0 Å². The quantitative estimate of drug-likeness (QED) is 0.820. The van der Waals surface area contributed by atoms with Crippen molar-refractivity contribution in [2.45, 2.75) is 13.8 Å². The maximum Gasteiger partial charge on any atom is 0.115 e. The maximum atomic E-state index is 8.63. The number of aromatic hydroxyl groups is 1. The molecule has 0 aromatic heterocycles. The van der Waals surface area contributed by atoms with Crippen LogP contribution in [0.1, 0.15) is 12.5 Å². The van der Waals surface area contributed by atoms with E-state index in [1.807, 2.05) is 6.07 Å². The number of rotatable bonds is 2. The highest BCUT2D eigenvalue weighted by atomic mass is 16.3. The zero-order valence-electron chi connectivity index (χ0n) is 10.4. The Bertz CT molecular complexity index is 409. The van der Waals surface area contributed by atoms with Crippen LogP contribution < -0.4 is 5.32 Å². The fourth-order valence-electron chi connectivity index (χ4n) is 1.30. The Morgan fingerprint density at radius 1 is 0.941 bits per heavy atom. The van der Waals surface area contributed by atoms with E-state index in [0.717, 1.165) is 6.54 Å². The SMILES string of the molecule is CCNc1ccc(C)cc1.Oc1ccccc1. The van der Waals surface area contributed by atoms with Crippen LogP contribution in [0.5, 0.6) is 5.75 Å². The van der Waals surface area contributed by atoms with Gasteiger partial charge in [0.1, 0.15) is 5.75 Å². The van der Waals surface area contributed by atoms with Gasteiger partial charge in [-0.3, -0.25) is 0 Å². The Morgan fingerprint density at radius 3 is 1.94 bits per heavy atom. The van der Waals surface area contributed by atoms with Crippen LogP contribution in [0.4, 0.5) is 5.69 Å². The highest BCUT2D eigenvalue weighted by Crippen LogP contribution is 2.07. The third kappa shape index (κ3) is 5.61. The smallest absolute Gasteiger partial charge is 0.115 e. The molecule has 0 bridgehead atoms. The summed E-state index contributed by atoms with van der Waals surface area (Å²) < 4.78 is 0. The minimum absolute atomic E-state index is 0.322. The number of hydrogen-bond donors (Lipinski definition) is 2. The summed E-state index contributed by atoms with van der Waals surface area (Å²) in [7, 11) is 0. The minimum Gasteiger partial charge on any atom is -0.508 e. The lowest BCUT2D eigenvalue weighted by Crippen LogP contribution is -1.95.